The average Bonchev–Trinajstić information content (AvgIpc) is 2.65. The number of nitrogens with zero attached hydrogens (tertiary/aromatic N) is 2. The largest absolute Gasteiger partial charge is 0.507 e. The number of aromatic nitrogens is 1. The standard InChI is InChI=1S/C19H24IN5O3/c1-25(2)8-7-22-18(27)13-4-6-17(23-11-13)24-19(28)15(21)10-12-3-5-16(26)14(20)9-12/h3-6,9,11,15,26H,7-8,10,21H2,1-2H3,(H,22,27)(H,23,24,28)/t15-/m0/s1. The summed E-state index contributed by atoms with van der Waals surface area (Å²) in [5, 5.41) is 15.0. The quantitative estimate of drug-likeness (QED) is 0.407. The summed E-state index contributed by atoms with van der Waals surface area (Å²) in [6, 6.07) is 7.48. The van der Waals surface area contributed by atoms with E-state index in [0.29, 0.717) is 27.9 Å². The molecule has 2 rings (SSSR count). The molecule has 1 aromatic carbocycles. The molecule has 0 fully saturated rings. The van der Waals surface area contributed by atoms with Crippen molar-refractivity contribution in [1.82, 2.24) is 15.2 Å². The van der Waals surface area contributed by atoms with Gasteiger partial charge in [0.05, 0.1) is 15.2 Å². The van der Waals surface area contributed by atoms with Crippen LogP contribution in [0.25, 0.3) is 0 Å². The molecule has 1 atom stereocenters. The molecule has 1 aromatic heterocycles. The highest BCUT2D eigenvalue weighted by Gasteiger charge is 2.16. The summed E-state index contributed by atoms with van der Waals surface area (Å²) in [6.07, 6.45) is 1.74. The van der Waals surface area contributed by atoms with Crippen molar-refractivity contribution in [2.24, 2.45) is 5.73 Å². The van der Waals surface area contributed by atoms with Gasteiger partial charge in [-0.3, -0.25) is 9.59 Å². The molecule has 28 heavy (non-hydrogen) atoms. The number of pyridine rings is 1. The Balaban J connectivity index is 1.89. The Morgan fingerprint density at radius 2 is 2.04 bits per heavy atom. The fourth-order valence-electron chi connectivity index (χ4n) is 2.34. The molecule has 5 N–H and O–H groups in total. The lowest BCUT2D eigenvalue weighted by Gasteiger charge is -2.13. The van der Waals surface area contributed by atoms with Crippen molar-refractivity contribution in [3.8, 4) is 5.75 Å². The minimum Gasteiger partial charge on any atom is -0.507 e. The number of nitrogens with two attached hydrogens (primary N) is 1. The normalized spacial score (nSPS) is 11.9. The number of benzene rings is 1. The van der Waals surface area contributed by atoms with Gasteiger partial charge >= 0.3 is 0 Å². The number of hydrogen-bond acceptors (Lipinski definition) is 6. The number of rotatable bonds is 8. The monoisotopic (exact) mass is 497 g/mol. The molecule has 0 aliphatic carbocycles. The second-order valence-electron chi connectivity index (χ2n) is 6.58. The maximum Gasteiger partial charge on any atom is 0.252 e. The molecule has 150 valence electrons. The molecule has 8 nitrogen and oxygen atoms in total. The zero-order valence-corrected chi connectivity index (χ0v) is 17.9. The van der Waals surface area contributed by atoms with Gasteiger partial charge in [-0.15, -0.1) is 0 Å². The van der Waals surface area contributed by atoms with Gasteiger partial charge in [-0.1, -0.05) is 6.07 Å². The fraction of sp³-hybridized carbons (Fsp3) is 0.316. The van der Waals surface area contributed by atoms with Gasteiger partial charge in [0.15, 0.2) is 0 Å². The lowest BCUT2D eigenvalue weighted by molar-refractivity contribution is -0.117. The van der Waals surface area contributed by atoms with Gasteiger partial charge in [-0.25, -0.2) is 4.98 Å². The molecule has 2 aromatic rings. The third-order valence-corrected chi connectivity index (χ3v) is 4.79. The molecule has 0 bridgehead atoms. The zero-order chi connectivity index (χ0) is 20.7. The Morgan fingerprint density at radius 3 is 2.64 bits per heavy atom. The number of amides is 2. The van der Waals surface area contributed by atoms with Crippen LogP contribution in [0, 0.1) is 3.57 Å². The van der Waals surface area contributed by atoms with Gasteiger partial charge in [0.2, 0.25) is 5.91 Å². The highest BCUT2D eigenvalue weighted by molar-refractivity contribution is 14.1. The number of carbonyl (C=O) groups excluding carboxylic acids is 2. The molecule has 0 aliphatic rings. The summed E-state index contributed by atoms with van der Waals surface area (Å²) < 4.78 is 0.698. The van der Waals surface area contributed by atoms with Crippen LogP contribution in [0.3, 0.4) is 0 Å². The number of phenols is 1. The van der Waals surface area contributed by atoms with Gasteiger partial charge in [0, 0.05) is 19.3 Å². The van der Waals surface area contributed by atoms with Crippen molar-refractivity contribution in [3.63, 3.8) is 0 Å². The Kier molecular flexibility index (Phi) is 8.15. The van der Waals surface area contributed by atoms with Crippen LogP contribution in [-0.4, -0.2) is 60.0 Å². The first kappa shape index (κ1) is 22.1. The Bertz CT molecular complexity index is 827. The lowest BCUT2D eigenvalue weighted by atomic mass is 10.1. The van der Waals surface area contributed by atoms with E-state index in [4.69, 9.17) is 5.73 Å². The van der Waals surface area contributed by atoms with Crippen molar-refractivity contribution in [2.75, 3.05) is 32.5 Å². The fourth-order valence-corrected chi connectivity index (χ4v) is 2.92. The summed E-state index contributed by atoms with van der Waals surface area (Å²) in [5.74, 6) is -0.0763. The molecule has 0 radical (unpaired) electrons. The zero-order valence-electron chi connectivity index (χ0n) is 15.8. The maximum absolute atomic E-state index is 12.3. The van der Waals surface area contributed by atoms with E-state index in [-0.39, 0.29) is 17.6 Å². The van der Waals surface area contributed by atoms with E-state index in [0.717, 1.165) is 12.1 Å². The van der Waals surface area contributed by atoms with Gasteiger partial charge in [-0.05, 0) is 72.9 Å². The molecule has 0 spiro atoms. The number of phenolic OH excluding ortho intramolecular Hbond substituents is 1. The van der Waals surface area contributed by atoms with Crippen molar-refractivity contribution >= 4 is 40.2 Å². The lowest BCUT2D eigenvalue weighted by Crippen LogP contribution is -2.37. The summed E-state index contributed by atoms with van der Waals surface area (Å²) in [5.41, 5.74) is 7.24. The number of carbonyl (C=O) groups is 2. The average molecular weight is 497 g/mol. The maximum atomic E-state index is 12.3. The van der Waals surface area contributed by atoms with Gasteiger partial charge in [0.25, 0.3) is 5.91 Å². The number of anilines is 1. The minimum atomic E-state index is -0.767. The summed E-state index contributed by atoms with van der Waals surface area (Å²) >= 11 is 2.02. The van der Waals surface area contributed by atoms with Gasteiger partial charge in [-0.2, -0.15) is 0 Å². The van der Waals surface area contributed by atoms with Crippen LogP contribution in [0.2, 0.25) is 0 Å². The van der Waals surface area contributed by atoms with Crippen molar-refractivity contribution in [3.05, 3.63) is 51.2 Å². The van der Waals surface area contributed by atoms with E-state index in [1.54, 1.807) is 30.3 Å². The van der Waals surface area contributed by atoms with Gasteiger partial charge in [0.1, 0.15) is 11.6 Å². The molecule has 0 saturated heterocycles. The molecule has 0 aliphatic heterocycles. The topological polar surface area (TPSA) is 121 Å². The van der Waals surface area contributed by atoms with Crippen LogP contribution >= 0.6 is 22.6 Å². The Hall–Kier alpha value is -2.24. The van der Waals surface area contributed by atoms with Crippen molar-refractivity contribution in [1.29, 1.82) is 0 Å². The molecule has 9 heteroatoms. The van der Waals surface area contributed by atoms with E-state index < -0.39 is 6.04 Å². The number of nitrogens with one attached hydrogen (secondary N) is 2. The molecular formula is C19H24IN5O3. The third-order valence-electron chi connectivity index (χ3n) is 3.93. The summed E-state index contributed by atoms with van der Waals surface area (Å²) in [7, 11) is 3.86. The number of hydrogen-bond donors (Lipinski definition) is 4. The first-order chi connectivity index (χ1) is 13.3. The molecule has 0 unspecified atom stereocenters. The van der Waals surface area contributed by atoms with Crippen LogP contribution < -0.4 is 16.4 Å². The molecule has 2 amide bonds. The van der Waals surface area contributed by atoms with Crippen LogP contribution in [-0.2, 0) is 11.2 Å². The predicted octanol–water partition coefficient (Wildman–Crippen LogP) is 1.19. The van der Waals surface area contributed by atoms with E-state index in [1.807, 2.05) is 41.6 Å². The smallest absolute Gasteiger partial charge is 0.252 e. The van der Waals surface area contributed by atoms with Crippen LogP contribution in [0.5, 0.6) is 5.75 Å². The summed E-state index contributed by atoms with van der Waals surface area (Å²) in [6.45, 7) is 1.28. The van der Waals surface area contributed by atoms with Crippen LogP contribution in [0.15, 0.2) is 36.5 Å². The van der Waals surface area contributed by atoms with E-state index in [1.165, 1.54) is 6.20 Å². The van der Waals surface area contributed by atoms with Crippen LogP contribution in [0.1, 0.15) is 15.9 Å². The molecule has 1 heterocycles. The van der Waals surface area contributed by atoms with E-state index in [9.17, 15) is 14.7 Å². The first-order valence-electron chi connectivity index (χ1n) is 8.69. The second-order valence-corrected chi connectivity index (χ2v) is 7.74. The highest BCUT2D eigenvalue weighted by Crippen LogP contribution is 2.21. The SMILES string of the molecule is CN(C)CCNC(=O)c1ccc(NC(=O)[C@@H](N)Cc2ccc(O)c(I)c2)nc1. The Labute approximate surface area is 177 Å². The number of likely N-dealkylation sites (N-methyl/N-ethyl adjacent to an activating group) is 1. The van der Waals surface area contributed by atoms with Crippen molar-refractivity contribution < 1.29 is 14.7 Å². The van der Waals surface area contributed by atoms with E-state index in [2.05, 4.69) is 15.6 Å². The van der Waals surface area contributed by atoms with Crippen molar-refractivity contribution in [2.45, 2.75) is 12.5 Å². The first-order valence-corrected chi connectivity index (χ1v) is 9.77. The third kappa shape index (κ3) is 6.73. The molecule has 0 saturated carbocycles. The van der Waals surface area contributed by atoms with Gasteiger partial charge < -0.3 is 26.4 Å². The van der Waals surface area contributed by atoms with Crippen LogP contribution in [0.4, 0.5) is 5.82 Å². The number of halogens is 1. The summed E-state index contributed by atoms with van der Waals surface area (Å²) in [4.78, 5) is 30.4. The highest BCUT2D eigenvalue weighted by atomic mass is 127. The number of aromatic hydroxyl groups is 1. The minimum absolute atomic E-state index is 0.192. The Morgan fingerprint density at radius 1 is 1.29 bits per heavy atom. The van der Waals surface area contributed by atoms with E-state index >= 15 is 0 Å². The predicted molar refractivity (Wildman–Crippen MR) is 116 cm³/mol. The molecular weight excluding hydrogens is 473 g/mol. The second kappa shape index (κ2) is 10.3.